The minimum Gasteiger partial charge on any atom is -0.496 e. The molecule has 0 aromatic heterocycles. The Morgan fingerprint density at radius 3 is 2.65 bits per heavy atom. The number of halogens is 1. The largest absolute Gasteiger partial charge is 0.496 e. The van der Waals surface area contributed by atoms with Gasteiger partial charge in [-0.05, 0) is 54.4 Å². The Balaban J connectivity index is 1.90. The van der Waals surface area contributed by atoms with Crippen LogP contribution in [0.5, 0.6) is 17.2 Å². The maximum absolute atomic E-state index is 13.8. The lowest BCUT2D eigenvalue weighted by molar-refractivity contribution is -0.114. The average Bonchev–Trinajstić information content (AvgIpc) is 2.78. The Morgan fingerprint density at radius 1 is 1.16 bits per heavy atom. The molecule has 1 aliphatic rings. The standard InChI is InChI=1S/C24H22FN3O3/c1-14-20(30-3)10-8-18-22(27-24(26)28(2)13-29)19-12-16(7-9-21(19)31-23(14)18)15-5-4-6-17(25)11-15/h4-13,22H,1-3H3,(H2,26,27). The molecule has 3 aromatic rings. The van der Waals surface area contributed by atoms with Gasteiger partial charge >= 0.3 is 0 Å². The second-order valence-electron chi connectivity index (χ2n) is 7.28. The van der Waals surface area contributed by atoms with Gasteiger partial charge < -0.3 is 15.2 Å². The molecule has 0 spiro atoms. The third-order valence-corrected chi connectivity index (χ3v) is 5.36. The average molecular weight is 419 g/mol. The fourth-order valence-corrected chi connectivity index (χ4v) is 3.66. The van der Waals surface area contributed by atoms with Gasteiger partial charge in [0.05, 0.1) is 7.11 Å². The van der Waals surface area contributed by atoms with Gasteiger partial charge in [0.2, 0.25) is 6.41 Å². The Labute approximate surface area is 179 Å². The second-order valence-corrected chi connectivity index (χ2v) is 7.28. The molecule has 0 fully saturated rings. The molecule has 2 N–H and O–H groups in total. The first-order valence-electron chi connectivity index (χ1n) is 9.69. The highest BCUT2D eigenvalue weighted by Crippen LogP contribution is 2.49. The van der Waals surface area contributed by atoms with Crippen LogP contribution >= 0.6 is 0 Å². The van der Waals surface area contributed by atoms with E-state index in [-0.39, 0.29) is 11.8 Å². The first-order valence-corrected chi connectivity index (χ1v) is 9.69. The number of benzene rings is 3. The lowest BCUT2D eigenvalue weighted by Crippen LogP contribution is -2.33. The van der Waals surface area contributed by atoms with Crippen molar-refractivity contribution < 1.29 is 18.7 Å². The molecule has 3 aromatic carbocycles. The lowest BCUT2D eigenvalue weighted by Gasteiger charge is -2.29. The normalized spacial score (nSPS) is 14.8. The van der Waals surface area contributed by atoms with Crippen LogP contribution in [-0.4, -0.2) is 31.4 Å². The Hall–Kier alpha value is -3.87. The highest BCUT2D eigenvalue weighted by molar-refractivity contribution is 5.87. The van der Waals surface area contributed by atoms with E-state index >= 15 is 0 Å². The van der Waals surface area contributed by atoms with Crippen molar-refractivity contribution in [2.75, 3.05) is 14.2 Å². The lowest BCUT2D eigenvalue weighted by atomic mass is 9.90. The molecule has 6 nitrogen and oxygen atoms in total. The number of nitrogens with two attached hydrogens (primary N) is 1. The van der Waals surface area contributed by atoms with E-state index in [0.717, 1.165) is 27.8 Å². The molecule has 0 bridgehead atoms. The molecular weight excluding hydrogens is 397 g/mol. The molecular formula is C24H22FN3O3. The molecule has 0 saturated heterocycles. The zero-order valence-electron chi connectivity index (χ0n) is 17.4. The summed E-state index contributed by atoms with van der Waals surface area (Å²) in [6.07, 6.45) is 0.600. The van der Waals surface area contributed by atoms with E-state index in [9.17, 15) is 9.18 Å². The van der Waals surface area contributed by atoms with Crippen LogP contribution in [0.3, 0.4) is 0 Å². The minimum atomic E-state index is -0.515. The summed E-state index contributed by atoms with van der Waals surface area (Å²) >= 11 is 0. The van der Waals surface area contributed by atoms with Crippen molar-refractivity contribution in [2.45, 2.75) is 13.0 Å². The molecule has 1 amide bonds. The van der Waals surface area contributed by atoms with E-state index in [4.69, 9.17) is 15.2 Å². The number of carbonyl (C=O) groups is 1. The van der Waals surface area contributed by atoms with Crippen LogP contribution in [0, 0.1) is 12.7 Å². The van der Waals surface area contributed by atoms with Crippen LogP contribution in [0.2, 0.25) is 0 Å². The zero-order valence-corrected chi connectivity index (χ0v) is 17.4. The second kappa shape index (κ2) is 8.10. The minimum absolute atomic E-state index is 0.0726. The number of nitrogens with zero attached hydrogens (tertiary/aromatic N) is 2. The summed E-state index contributed by atoms with van der Waals surface area (Å²) in [5, 5.41) is 0. The van der Waals surface area contributed by atoms with Crippen molar-refractivity contribution in [2.24, 2.45) is 10.7 Å². The predicted octanol–water partition coefficient (Wildman–Crippen LogP) is 4.41. The van der Waals surface area contributed by atoms with E-state index in [1.807, 2.05) is 43.3 Å². The maximum Gasteiger partial charge on any atom is 0.216 e. The monoisotopic (exact) mass is 419 g/mol. The van der Waals surface area contributed by atoms with Gasteiger partial charge in [-0.15, -0.1) is 0 Å². The van der Waals surface area contributed by atoms with Crippen LogP contribution in [0.15, 0.2) is 59.6 Å². The van der Waals surface area contributed by atoms with Gasteiger partial charge in [-0.2, -0.15) is 0 Å². The summed E-state index contributed by atoms with van der Waals surface area (Å²) in [4.78, 5) is 17.0. The molecule has 158 valence electrons. The number of hydrogen-bond acceptors (Lipinski definition) is 4. The van der Waals surface area contributed by atoms with Gasteiger partial charge in [0.15, 0.2) is 5.96 Å². The summed E-state index contributed by atoms with van der Waals surface area (Å²) in [6, 6.07) is 15.2. The van der Waals surface area contributed by atoms with Gasteiger partial charge in [-0.3, -0.25) is 9.69 Å². The van der Waals surface area contributed by atoms with Crippen molar-refractivity contribution in [3.05, 3.63) is 77.1 Å². The van der Waals surface area contributed by atoms with Crippen LogP contribution in [0.4, 0.5) is 4.39 Å². The molecule has 31 heavy (non-hydrogen) atoms. The predicted molar refractivity (Wildman–Crippen MR) is 117 cm³/mol. The number of ether oxygens (including phenoxy) is 2. The summed E-state index contributed by atoms with van der Waals surface area (Å²) in [7, 11) is 3.14. The third-order valence-electron chi connectivity index (χ3n) is 5.36. The number of amides is 1. The van der Waals surface area contributed by atoms with Crippen LogP contribution < -0.4 is 15.2 Å². The van der Waals surface area contributed by atoms with Crippen molar-refractivity contribution >= 4 is 12.4 Å². The van der Waals surface area contributed by atoms with E-state index in [1.165, 1.54) is 24.1 Å². The van der Waals surface area contributed by atoms with Gasteiger partial charge in [0.1, 0.15) is 29.1 Å². The number of methoxy groups -OCH3 is 1. The molecule has 1 heterocycles. The fourth-order valence-electron chi connectivity index (χ4n) is 3.66. The van der Waals surface area contributed by atoms with Crippen molar-refractivity contribution in [3.63, 3.8) is 0 Å². The van der Waals surface area contributed by atoms with E-state index < -0.39 is 6.04 Å². The molecule has 0 radical (unpaired) electrons. The fraction of sp³-hybridized carbons (Fsp3) is 0.167. The number of hydrogen-bond donors (Lipinski definition) is 1. The molecule has 1 atom stereocenters. The summed E-state index contributed by atoms with van der Waals surface area (Å²) < 4.78 is 25.4. The van der Waals surface area contributed by atoms with E-state index in [0.29, 0.717) is 23.7 Å². The van der Waals surface area contributed by atoms with E-state index in [2.05, 4.69) is 4.99 Å². The Morgan fingerprint density at radius 2 is 1.94 bits per heavy atom. The number of guanidine groups is 1. The highest BCUT2D eigenvalue weighted by atomic mass is 19.1. The van der Waals surface area contributed by atoms with Crippen LogP contribution in [0.1, 0.15) is 22.7 Å². The van der Waals surface area contributed by atoms with Gasteiger partial charge in [-0.25, -0.2) is 9.38 Å². The summed E-state index contributed by atoms with van der Waals surface area (Å²) in [5.41, 5.74) is 10.0. The SMILES string of the molecule is COc1ccc2c(c1C)Oc1ccc(-c3cccc(F)c3)cc1C2/N=C(/N)N(C)C=O. The molecule has 4 rings (SSSR count). The smallest absolute Gasteiger partial charge is 0.216 e. The van der Waals surface area contributed by atoms with Crippen LogP contribution in [-0.2, 0) is 4.79 Å². The first kappa shape index (κ1) is 20.4. The van der Waals surface area contributed by atoms with Gasteiger partial charge in [0, 0.05) is 23.7 Å². The van der Waals surface area contributed by atoms with Crippen molar-refractivity contribution in [1.82, 2.24) is 4.90 Å². The first-order chi connectivity index (χ1) is 14.9. The molecule has 1 aliphatic heterocycles. The van der Waals surface area contributed by atoms with Crippen molar-refractivity contribution in [1.29, 1.82) is 0 Å². The van der Waals surface area contributed by atoms with Gasteiger partial charge in [0.25, 0.3) is 0 Å². The summed E-state index contributed by atoms with van der Waals surface area (Å²) in [6.45, 7) is 1.91. The quantitative estimate of drug-likeness (QED) is 0.386. The highest BCUT2D eigenvalue weighted by Gasteiger charge is 2.30. The molecule has 7 heteroatoms. The Bertz CT molecular complexity index is 1190. The third kappa shape index (κ3) is 3.70. The molecule has 0 aliphatic carbocycles. The maximum atomic E-state index is 13.8. The number of carbonyl (C=O) groups excluding carboxylic acids is 1. The zero-order chi connectivity index (χ0) is 22.1. The number of fused-ring (bicyclic) bond motifs is 2. The topological polar surface area (TPSA) is 77.2 Å². The number of aliphatic imine (C=N–C) groups is 1. The molecule has 0 saturated carbocycles. The molecule has 1 unspecified atom stereocenters. The van der Waals surface area contributed by atoms with Gasteiger partial charge in [-0.1, -0.05) is 18.2 Å². The van der Waals surface area contributed by atoms with Crippen LogP contribution in [0.25, 0.3) is 11.1 Å². The Kier molecular flexibility index (Phi) is 5.33. The van der Waals surface area contributed by atoms with Crippen molar-refractivity contribution in [3.8, 4) is 28.4 Å². The van der Waals surface area contributed by atoms with E-state index in [1.54, 1.807) is 13.2 Å². The summed E-state index contributed by atoms with van der Waals surface area (Å²) in [5.74, 6) is 1.70. The number of rotatable bonds is 4.